The Morgan fingerprint density at radius 3 is 2.48 bits per heavy atom. The molecule has 0 radical (unpaired) electrons. The summed E-state index contributed by atoms with van der Waals surface area (Å²) in [4.78, 5) is 16.9. The molecule has 0 spiro atoms. The number of hydrogen-bond acceptors (Lipinski definition) is 3. The Balaban J connectivity index is 1.70. The van der Waals surface area contributed by atoms with E-state index in [9.17, 15) is 4.79 Å². The van der Waals surface area contributed by atoms with Crippen molar-refractivity contribution in [2.75, 3.05) is 13.1 Å². The van der Waals surface area contributed by atoms with Crippen molar-refractivity contribution in [3.8, 4) is 10.4 Å². The van der Waals surface area contributed by atoms with Gasteiger partial charge in [0.1, 0.15) is 5.60 Å². The summed E-state index contributed by atoms with van der Waals surface area (Å²) in [5.74, 6) is 0. The summed E-state index contributed by atoms with van der Waals surface area (Å²) in [6, 6.07) is 11.2. The minimum absolute atomic E-state index is 0.196. The number of aryl methyl sites for hydroxylation is 1. The maximum atomic E-state index is 12.3. The topological polar surface area (TPSA) is 29.5 Å². The van der Waals surface area contributed by atoms with Crippen molar-refractivity contribution >= 4 is 17.4 Å². The molecule has 2 aromatic rings. The third-order valence-electron chi connectivity index (χ3n) is 4.45. The summed E-state index contributed by atoms with van der Waals surface area (Å²) in [5, 5.41) is 0. The van der Waals surface area contributed by atoms with E-state index < -0.39 is 5.60 Å². The Bertz CT molecular complexity index is 715. The second-order valence-corrected chi connectivity index (χ2v) is 8.71. The van der Waals surface area contributed by atoms with E-state index >= 15 is 0 Å². The van der Waals surface area contributed by atoms with Gasteiger partial charge in [-0.1, -0.05) is 31.2 Å². The predicted molar refractivity (Wildman–Crippen MR) is 104 cm³/mol. The third kappa shape index (κ3) is 4.43. The second kappa shape index (κ2) is 7.20. The molecule has 0 N–H and O–H groups in total. The van der Waals surface area contributed by atoms with E-state index in [4.69, 9.17) is 4.74 Å². The lowest BCUT2D eigenvalue weighted by Gasteiger charge is -2.26. The van der Waals surface area contributed by atoms with Gasteiger partial charge in [0.2, 0.25) is 0 Å². The van der Waals surface area contributed by atoms with Gasteiger partial charge in [-0.2, -0.15) is 0 Å². The normalized spacial score (nSPS) is 14.8. The van der Waals surface area contributed by atoms with Crippen LogP contribution in [0.25, 0.3) is 10.4 Å². The molecule has 1 aromatic heterocycles. The highest BCUT2D eigenvalue weighted by atomic mass is 32.1. The molecule has 134 valence electrons. The van der Waals surface area contributed by atoms with E-state index in [1.807, 2.05) is 37.0 Å². The number of carbonyl (C=O) groups is 1. The summed E-state index contributed by atoms with van der Waals surface area (Å²) in [7, 11) is 0. The smallest absolute Gasteiger partial charge is 0.410 e. The van der Waals surface area contributed by atoms with Gasteiger partial charge in [0.05, 0.1) is 0 Å². The highest BCUT2D eigenvalue weighted by Gasteiger charge is 2.25. The molecule has 3 rings (SSSR count). The minimum atomic E-state index is -0.438. The van der Waals surface area contributed by atoms with Crippen molar-refractivity contribution in [1.29, 1.82) is 0 Å². The van der Waals surface area contributed by atoms with E-state index in [0.717, 1.165) is 32.4 Å². The SMILES string of the molecule is CCc1ccc(-c2cc3c(s2)CCN(C(=O)OC(C)(C)C)CC3)cc1. The molecular formula is C21H27NO2S. The summed E-state index contributed by atoms with van der Waals surface area (Å²) in [5.41, 5.74) is 3.60. The lowest BCUT2D eigenvalue weighted by Crippen LogP contribution is -2.38. The van der Waals surface area contributed by atoms with Gasteiger partial charge in [0.15, 0.2) is 0 Å². The first-order valence-corrected chi connectivity index (χ1v) is 9.86. The molecule has 1 aromatic carbocycles. The number of fused-ring (bicyclic) bond motifs is 1. The second-order valence-electron chi connectivity index (χ2n) is 7.58. The summed E-state index contributed by atoms with van der Waals surface area (Å²) >= 11 is 1.86. The van der Waals surface area contributed by atoms with Crippen molar-refractivity contribution in [1.82, 2.24) is 4.90 Å². The quantitative estimate of drug-likeness (QED) is 0.728. The maximum Gasteiger partial charge on any atom is 0.410 e. The van der Waals surface area contributed by atoms with Gasteiger partial charge in [0, 0.05) is 22.8 Å². The zero-order valence-corrected chi connectivity index (χ0v) is 16.4. The molecule has 3 nitrogen and oxygen atoms in total. The zero-order valence-electron chi connectivity index (χ0n) is 15.6. The zero-order chi connectivity index (χ0) is 18.0. The average molecular weight is 358 g/mol. The van der Waals surface area contributed by atoms with Crippen LogP contribution in [0.1, 0.15) is 43.7 Å². The van der Waals surface area contributed by atoms with E-state index in [-0.39, 0.29) is 6.09 Å². The van der Waals surface area contributed by atoms with Crippen LogP contribution in [-0.4, -0.2) is 29.7 Å². The van der Waals surface area contributed by atoms with Crippen molar-refractivity contribution in [3.63, 3.8) is 0 Å². The van der Waals surface area contributed by atoms with Crippen LogP contribution >= 0.6 is 11.3 Å². The molecule has 1 aliphatic rings. The molecule has 25 heavy (non-hydrogen) atoms. The van der Waals surface area contributed by atoms with E-state index in [1.54, 1.807) is 0 Å². The number of amides is 1. The summed E-state index contributed by atoms with van der Waals surface area (Å²) < 4.78 is 5.51. The molecule has 0 unspecified atom stereocenters. The van der Waals surface area contributed by atoms with E-state index in [2.05, 4.69) is 37.3 Å². The van der Waals surface area contributed by atoms with Gasteiger partial charge in [-0.25, -0.2) is 4.79 Å². The Kier molecular flexibility index (Phi) is 5.19. The number of benzene rings is 1. The standard InChI is InChI=1S/C21H27NO2S/c1-5-15-6-8-16(9-7-15)19-14-17-10-12-22(13-11-18(17)25-19)20(23)24-21(2,3)4/h6-9,14H,5,10-13H2,1-4H3. The Morgan fingerprint density at radius 2 is 1.84 bits per heavy atom. The molecule has 2 heterocycles. The fourth-order valence-electron chi connectivity index (χ4n) is 3.05. The lowest BCUT2D eigenvalue weighted by molar-refractivity contribution is 0.0258. The van der Waals surface area contributed by atoms with Crippen LogP contribution < -0.4 is 0 Å². The van der Waals surface area contributed by atoms with Crippen LogP contribution in [-0.2, 0) is 24.0 Å². The molecule has 0 fully saturated rings. The highest BCUT2D eigenvalue weighted by Crippen LogP contribution is 2.34. The van der Waals surface area contributed by atoms with E-state index in [0.29, 0.717) is 0 Å². The molecule has 0 saturated carbocycles. The van der Waals surface area contributed by atoms with Gasteiger partial charge in [-0.05, 0) is 62.8 Å². The first-order valence-electron chi connectivity index (χ1n) is 9.04. The number of nitrogens with zero attached hydrogens (tertiary/aromatic N) is 1. The fourth-order valence-corrected chi connectivity index (χ4v) is 4.26. The summed E-state index contributed by atoms with van der Waals surface area (Å²) in [6.45, 7) is 9.38. The number of ether oxygens (including phenoxy) is 1. The summed E-state index contributed by atoms with van der Waals surface area (Å²) in [6.07, 6.45) is 2.68. The number of hydrogen-bond donors (Lipinski definition) is 0. The van der Waals surface area contributed by atoms with Crippen LogP contribution in [0.5, 0.6) is 0 Å². The maximum absolute atomic E-state index is 12.3. The number of thiophene rings is 1. The molecule has 1 amide bonds. The largest absolute Gasteiger partial charge is 0.444 e. The van der Waals surface area contributed by atoms with Crippen LogP contribution in [0.4, 0.5) is 4.79 Å². The average Bonchev–Trinajstić information content (AvgIpc) is 2.86. The van der Waals surface area contributed by atoms with Crippen molar-refractivity contribution in [3.05, 3.63) is 46.3 Å². The van der Waals surface area contributed by atoms with Gasteiger partial charge in [-0.3, -0.25) is 0 Å². The number of carbonyl (C=O) groups excluding carboxylic acids is 1. The first-order chi connectivity index (χ1) is 11.9. The molecule has 0 saturated heterocycles. The molecule has 1 aliphatic heterocycles. The van der Waals surface area contributed by atoms with E-state index in [1.165, 1.54) is 26.4 Å². The predicted octanol–water partition coefficient (Wildman–Crippen LogP) is 5.31. The Hall–Kier alpha value is -1.81. The lowest BCUT2D eigenvalue weighted by atomic mass is 10.1. The van der Waals surface area contributed by atoms with Gasteiger partial charge >= 0.3 is 6.09 Å². The molecule has 0 bridgehead atoms. The number of rotatable bonds is 2. The molecule has 4 heteroatoms. The van der Waals surface area contributed by atoms with Crippen molar-refractivity contribution in [2.24, 2.45) is 0 Å². The molecular weight excluding hydrogens is 330 g/mol. The van der Waals surface area contributed by atoms with Gasteiger partial charge in [-0.15, -0.1) is 11.3 Å². The first kappa shape index (κ1) is 18.0. The fraction of sp³-hybridized carbons (Fsp3) is 0.476. The van der Waals surface area contributed by atoms with Crippen LogP contribution in [0.2, 0.25) is 0 Å². The van der Waals surface area contributed by atoms with Crippen LogP contribution in [0.3, 0.4) is 0 Å². The Morgan fingerprint density at radius 1 is 1.16 bits per heavy atom. The molecule has 0 aliphatic carbocycles. The van der Waals surface area contributed by atoms with Crippen molar-refractivity contribution < 1.29 is 9.53 Å². The van der Waals surface area contributed by atoms with Gasteiger partial charge < -0.3 is 9.64 Å². The monoisotopic (exact) mass is 357 g/mol. The van der Waals surface area contributed by atoms with Gasteiger partial charge in [0.25, 0.3) is 0 Å². The molecule has 0 atom stereocenters. The van der Waals surface area contributed by atoms with Crippen molar-refractivity contribution in [2.45, 2.75) is 52.6 Å². The van der Waals surface area contributed by atoms with Crippen LogP contribution in [0, 0.1) is 0 Å². The van der Waals surface area contributed by atoms with Crippen LogP contribution in [0.15, 0.2) is 30.3 Å². The third-order valence-corrected chi connectivity index (χ3v) is 5.74. The highest BCUT2D eigenvalue weighted by molar-refractivity contribution is 7.15. The Labute approximate surface area is 154 Å². The minimum Gasteiger partial charge on any atom is -0.444 e.